The van der Waals surface area contributed by atoms with Gasteiger partial charge < -0.3 is 5.73 Å². The van der Waals surface area contributed by atoms with Crippen molar-refractivity contribution >= 4 is 49.9 Å². The lowest BCUT2D eigenvalue weighted by atomic mass is 9.68. The zero-order valence-electron chi connectivity index (χ0n) is 17.8. The van der Waals surface area contributed by atoms with Crippen molar-refractivity contribution in [2.75, 3.05) is 10.7 Å². The lowest BCUT2D eigenvalue weighted by Gasteiger charge is -2.42. The normalized spacial score (nSPS) is 20.4. The van der Waals surface area contributed by atoms with E-state index in [1.165, 1.54) is 17.4 Å². The van der Waals surface area contributed by atoms with E-state index >= 15 is 4.39 Å². The maximum Gasteiger partial charge on any atom is 0.219 e. The van der Waals surface area contributed by atoms with Crippen LogP contribution in [-0.2, 0) is 4.79 Å². The summed E-state index contributed by atoms with van der Waals surface area (Å²) in [6.45, 7) is 6.05. The fraction of sp³-hybridized carbons (Fsp3) is 0.364. The van der Waals surface area contributed by atoms with Gasteiger partial charge in [0.05, 0.1) is 17.6 Å². The number of hydrogen-bond acceptors (Lipinski definition) is 8. The number of carbonyl (C=O) groups is 1. The minimum absolute atomic E-state index is 0.110. The molecule has 0 amide bonds. The van der Waals surface area contributed by atoms with Gasteiger partial charge in [-0.15, -0.1) is 10.2 Å². The van der Waals surface area contributed by atoms with Crippen LogP contribution in [0.15, 0.2) is 49.7 Å². The van der Waals surface area contributed by atoms with Crippen LogP contribution in [0, 0.1) is 22.6 Å². The Balaban J connectivity index is 1.97. The number of carbonyl (C=O) groups excluding carboxylic acids is 1. The summed E-state index contributed by atoms with van der Waals surface area (Å²) in [6.07, 6.45) is 0.845. The zero-order chi connectivity index (χ0) is 23.2. The minimum atomic E-state index is -0.861. The molecule has 2 N–H and O–H groups in total. The van der Waals surface area contributed by atoms with Crippen molar-refractivity contribution in [3.8, 4) is 6.07 Å². The van der Waals surface area contributed by atoms with Gasteiger partial charge in [0.25, 0.3) is 0 Å². The molecule has 0 spiro atoms. The van der Waals surface area contributed by atoms with Crippen LogP contribution in [-0.4, -0.2) is 21.7 Å². The first-order valence-electron chi connectivity index (χ1n) is 10.0. The molecule has 6 nitrogen and oxygen atoms in total. The summed E-state index contributed by atoms with van der Waals surface area (Å²) >= 11 is 6.18. The molecule has 1 aliphatic carbocycles. The maximum absolute atomic E-state index is 15.0. The molecule has 1 unspecified atom stereocenters. The van der Waals surface area contributed by atoms with Gasteiger partial charge >= 0.3 is 0 Å². The van der Waals surface area contributed by atoms with Gasteiger partial charge in [0, 0.05) is 27.7 Å². The molecule has 0 fully saturated rings. The summed E-state index contributed by atoms with van der Waals surface area (Å²) in [6, 6.07) is 6.79. The molecule has 1 aliphatic heterocycles. The lowest BCUT2D eigenvalue weighted by Crippen LogP contribution is -2.42. The van der Waals surface area contributed by atoms with Crippen LogP contribution >= 0.6 is 39.0 Å². The molecule has 0 saturated carbocycles. The topological polar surface area (TPSA) is 95.9 Å². The predicted octanol–water partition coefficient (Wildman–Crippen LogP) is 5.49. The smallest absolute Gasteiger partial charge is 0.219 e. The van der Waals surface area contributed by atoms with Crippen molar-refractivity contribution in [3.63, 3.8) is 0 Å². The van der Waals surface area contributed by atoms with Gasteiger partial charge in [0.2, 0.25) is 5.13 Å². The van der Waals surface area contributed by atoms with E-state index in [-0.39, 0.29) is 28.2 Å². The van der Waals surface area contributed by atoms with Gasteiger partial charge in [-0.1, -0.05) is 65.9 Å². The molecule has 0 saturated heterocycles. The van der Waals surface area contributed by atoms with Gasteiger partial charge in [0.1, 0.15) is 11.6 Å². The van der Waals surface area contributed by atoms with Crippen LogP contribution in [0.2, 0.25) is 0 Å². The average Bonchev–Trinajstić information content (AvgIpc) is 3.15. The number of ketones is 1. The number of aromatic nitrogens is 2. The predicted molar refractivity (Wildman–Crippen MR) is 128 cm³/mol. The molecule has 32 heavy (non-hydrogen) atoms. The molecule has 2 aromatic rings. The van der Waals surface area contributed by atoms with Gasteiger partial charge in [0.15, 0.2) is 10.1 Å². The van der Waals surface area contributed by atoms with E-state index in [1.807, 2.05) is 20.8 Å². The van der Waals surface area contributed by atoms with Crippen molar-refractivity contribution in [1.29, 1.82) is 5.26 Å². The van der Waals surface area contributed by atoms with E-state index in [2.05, 4.69) is 32.2 Å². The second-order valence-electron chi connectivity index (χ2n) is 8.43. The van der Waals surface area contributed by atoms with Gasteiger partial charge in [-0.3, -0.25) is 9.69 Å². The number of hydrogen-bond donors (Lipinski definition) is 1. The minimum Gasteiger partial charge on any atom is -0.384 e. The third-order valence-corrected chi connectivity index (χ3v) is 7.93. The zero-order valence-corrected chi connectivity index (χ0v) is 21.0. The molecule has 1 atom stereocenters. The third kappa shape index (κ3) is 3.98. The van der Waals surface area contributed by atoms with Crippen molar-refractivity contribution in [2.24, 2.45) is 11.1 Å². The second kappa shape index (κ2) is 8.61. The standard InChI is InChI=1S/C22H21BrFN5OS2/c1-4-31-21-28-27-20(32-21)29-15-8-22(2,3)9-16(30)18(15)17(13(10-25)19(29)26)12-6-5-11(23)7-14(12)24/h5-7,17H,4,8-9,26H2,1-3H3. The van der Waals surface area contributed by atoms with E-state index < -0.39 is 11.7 Å². The molecule has 4 rings (SSSR count). The van der Waals surface area contributed by atoms with Crippen molar-refractivity contribution < 1.29 is 9.18 Å². The molecular weight excluding hydrogens is 513 g/mol. The highest BCUT2D eigenvalue weighted by Crippen LogP contribution is 2.51. The maximum atomic E-state index is 15.0. The summed E-state index contributed by atoms with van der Waals surface area (Å²) in [5.41, 5.74) is 7.70. The molecule has 0 bridgehead atoms. The molecule has 166 valence electrons. The molecule has 0 radical (unpaired) electrons. The quantitative estimate of drug-likeness (QED) is 0.518. The Bertz CT molecular complexity index is 1210. The van der Waals surface area contributed by atoms with Crippen LogP contribution in [0.1, 0.15) is 45.1 Å². The molecule has 2 heterocycles. The van der Waals surface area contributed by atoms with Crippen molar-refractivity contribution in [3.05, 3.63) is 56.7 Å². The van der Waals surface area contributed by atoms with Gasteiger partial charge in [-0.25, -0.2) is 4.39 Å². The Morgan fingerprint density at radius 1 is 1.41 bits per heavy atom. The first kappa shape index (κ1) is 23.0. The largest absolute Gasteiger partial charge is 0.384 e. The number of halogens is 2. The number of nitrogens with two attached hydrogens (primary N) is 1. The number of thioether (sulfide) groups is 1. The first-order valence-corrected chi connectivity index (χ1v) is 12.6. The summed E-state index contributed by atoms with van der Waals surface area (Å²) in [7, 11) is 0. The van der Waals surface area contributed by atoms with Crippen LogP contribution in [0.4, 0.5) is 9.52 Å². The van der Waals surface area contributed by atoms with Crippen molar-refractivity contribution in [2.45, 2.75) is 43.9 Å². The van der Waals surface area contributed by atoms with Gasteiger partial charge in [-0.2, -0.15) is 5.26 Å². The van der Waals surface area contributed by atoms with E-state index in [0.717, 1.165) is 10.1 Å². The summed E-state index contributed by atoms with van der Waals surface area (Å²) < 4.78 is 16.4. The highest BCUT2D eigenvalue weighted by Gasteiger charge is 2.46. The highest BCUT2D eigenvalue weighted by molar-refractivity contribution is 9.10. The number of benzene rings is 1. The van der Waals surface area contributed by atoms with E-state index in [4.69, 9.17) is 5.73 Å². The number of anilines is 1. The monoisotopic (exact) mass is 533 g/mol. The molecule has 1 aromatic heterocycles. The van der Waals surface area contributed by atoms with Crippen LogP contribution in [0.3, 0.4) is 0 Å². The Morgan fingerprint density at radius 3 is 2.81 bits per heavy atom. The van der Waals surface area contributed by atoms with E-state index in [9.17, 15) is 10.1 Å². The van der Waals surface area contributed by atoms with Crippen LogP contribution in [0.25, 0.3) is 0 Å². The fourth-order valence-electron chi connectivity index (χ4n) is 4.25. The number of allylic oxidation sites excluding steroid dienone is 3. The van der Waals surface area contributed by atoms with E-state index in [0.29, 0.717) is 33.7 Å². The fourth-order valence-corrected chi connectivity index (χ4v) is 6.36. The van der Waals surface area contributed by atoms with Crippen LogP contribution < -0.4 is 10.6 Å². The molecular formula is C22H21BrFN5OS2. The third-order valence-electron chi connectivity index (χ3n) is 5.51. The Labute approximate surface area is 202 Å². The SMILES string of the molecule is CCSc1nnc(N2C(N)=C(C#N)C(c3ccc(Br)cc3F)C3=C2CC(C)(C)CC3=O)s1. The first-order chi connectivity index (χ1) is 15.2. The Kier molecular flexibility index (Phi) is 6.18. The molecule has 10 heteroatoms. The average molecular weight is 534 g/mol. The number of nitrogens with zero attached hydrogens (tertiary/aromatic N) is 4. The summed E-state index contributed by atoms with van der Waals surface area (Å²) in [5, 5.41) is 19.1. The van der Waals surface area contributed by atoms with Crippen molar-refractivity contribution in [1.82, 2.24) is 10.2 Å². The number of rotatable bonds is 4. The summed E-state index contributed by atoms with van der Waals surface area (Å²) in [5.74, 6) is -0.469. The second-order valence-corrected chi connectivity index (χ2v) is 11.8. The number of Topliss-reactive ketones (excluding diaryl/α,β-unsaturated/α-hetero) is 1. The number of nitriles is 1. The highest BCUT2D eigenvalue weighted by atomic mass is 79.9. The van der Waals surface area contributed by atoms with Crippen LogP contribution in [0.5, 0.6) is 0 Å². The Morgan fingerprint density at radius 2 is 2.16 bits per heavy atom. The molecule has 2 aliphatic rings. The molecule has 1 aromatic carbocycles. The van der Waals surface area contributed by atoms with Gasteiger partial charge in [-0.05, 0) is 29.7 Å². The van der Waals surface area contributed by atoms with E-state index in [1.54, 1.807) is 28.8 Å². The Hall–Kier alpha value is -2.22. The lowest BCUT2D eigenvalue weighted by molar-refractivity contribution is -0.118. The summed E-state index contributed by atoms with van der Waals surface area (Å²) in [4.78, 5) is 15.1.